The average Bonchev–Trinajstić information content (AvgIpc) is 2.77. The smallest absolute Gasteiger partial charge is 0.247 e. The van der Waals surface area contributed by atoms with E-state index < -0.39 is 21.5 Å². The van der Waals surface area contributed by atoms with Crippen LogP contribution in [0.3, 0.4) is 0 Å². The highest BCUT2D eigenvalue weighted by molar-refractivity contribution is 7.89. The maximum Gasteiger partial charge on any atom is 0.247 e. The lowest BCUT2D eigenvalue weighted by Crippen LogP contribution is -2.69. The molecule has 1 aliphatic heterocycles. The third kappa shape index (κ3) is 5.16. The van der Waals surface area contributed by atoms with Crippen molar-refractivity contribution in [1.29, 1.82) is 0 Å². The predicted octanol–water partition coefficient (Wildman–Crippen LogP) is 2.04. The maximum atomic E-state index is 13.3. The molecule has 1 aromatic carbocycles. The second-order valence-corrected chi connectivity index (χ2v) is 10.6. The molecule has 0 unspecified atom stereocenters. The zero-order valence-electron chi connectivity index (χ0n) is 18.7. The largest absolute Gasteiger partial charge is 0.354 e. The van der Waals surface area contributed by atoms with Crippen molar-refractivity contribution in [3.63, 3.8) is 0 Å². The highest BCUT2D eigenvalue weighted by Crippen LogP contribution is 2.29. The molecule has 0 saturated carbocycles. The van der Waals surface area contributed by atoms with Gasteiger partial charge in [0.25, 0.3) is 0 Å². The van der Waals surface area contributed by atoms with E-state index in [0.717, 1.165) is 16.3 Å². The van der Waals surface area contributed by atoms with Gasteiger partial charge in [0.15, 0.2) is 0 Å². The van der Waals surface area contributed by atoms with E-state index in [2.05, 4.69) is 24.1 Å². The molecule has 9 heteroatoms. The lowest BCUT2D eigenvalue weighted by molar-refractivity contribution is -0.153. The molecule has 1 N–H and O–H groups in total. The summed E-state index contributed by atoms with van der Waals surface area (Å²) in [7, 11) is -3.94. The van der Waals surface area contributed by atoms with Crippen molar-refractivity contribution in [2.45, 2.75) is 44.2 Å². The Bertz CT molecular complexity index is 1040. The summed E-state index contributed by atoms with van der Waals surface area (Å²) in [5.41, 5.74) is -0.606. The Morgan fingerprint density at radius 1 is 1.19 bits per heavy atom. The van der Waals surface area contributed by atoms with Crippen molar-refractivity contribution in [1.82, 2.24) is 19.5 Å². The number of sulfonamides is 1. The van der Waals surface area contributed by atoms with E-state index in [1.807, 2.05) is 6.07 Å². The SMILES string of the molecule is CC(C)CCNC(=O)[C@]1(C)CN(S(=O)(=O)c2ccccc2)CC(=O)N1Cc1cccnc1. The van der Waals surface area contributed by atoms with Gasteiger partial charge in [0.2, 0.25) is 21.8 Å². The number of carbonyl (C=O) groups is 2. The summed E-state index contributed by atoms with van der Waals surface area (Å²) in [5, 5.41) is 2.90. The first-order chi connectivity index (χ1) is 15.1. The van der Waals surface area contributed by atoms with Crippen LogP contribution in [0.4, 0.5) is 0 Å². The highest BCUT2D eigenvalue weighted by Gasteiger charge is 2.50. The first-order valence-electron chi connectivity index (χ1n) is 10.7. The number of pyridine rings is 1. The van der Waals surface area contributed by atoms with Gasteiger partial charge < -0.3 is 10.2 Å². The molecule has 32 heavy (non-hydrogen) atoms. The number of amides is 2. The fourth-order valence-electron chi connectivity index (χ4n) is 3.70. The molecular formula is C23H30N4O4S. The van der Waals surface area contributed by atoms with Crippen molar-refractivity contribution in [2.24, 2.45) is 5.92 Å². The number of aromatic nitrogens is 1. The summed E-state index contributed by atoms with van der Waals surface area (Å²) in [6, 6.07) is 11.5. The third-order valence-electron chi connectivity index (χ3n) is 5.63. The van der Waals surface area contributed by atoms with E-state index in [1.54, 1.807) is 43.6 Å². The summed E-state index contributed by atoms with van der Waals surface area (Å²) in [6.07, 6.45) is 4.05. The number of nitrogens with one attached hydrogen (secondary N) is 1. The van der Waals surface area contributed by atoms with Gasteiger partial charge in [-0.2, -0.15) is 4.31 Å². The summed E-state index contributed by atoms with van der Waals surface area (Å²) < 4.78 is 27.6. The number of rotatable bonds is 8. The first kappa shape index (κ1) is 23.9. The zero-order valence-corrected chi connectivity index (χ0v) is 19.5. The van der Waals surface area contributed by atoms with Crippen molar-refractivity contribution in [3.05, 3.63) is 60.4 Å². The number of hydrogen-bond donors (Lipinski definition) is 1. The Kier molecular flexibility index (Phi) is 7.30. The minimum Gasteiger partial charge on any atom is -0.354 e. The second kappa shape index (κ2) is 9.79. The molecule has 2 heterocycles. The minimum atomic E-state index is -3.94. The number of hydrogen-bond acceptors (Lipinski definition) is 5. The van der Waals surface area contributed by atoms with Gasteiger partial charge in [0, 0.05) is 32.0 Å². The second-order valence-electron chi connectivity index (χ2n) is 8.64. The molecule has 8 nitrogen and oxygen atoms in total. The summed E-state index contributed by atoms with van der Waals surface area (Å²) in [6.45, 7) is 5.89. The molecule has 0 bridgehead atoms. The van der Waals surface area contributed by atoms with Crippen LogP contribution >= 0.6 is 0 Å². The highest BCUT2D eigenvalue weighted by atomic mass is 32.2. The van der Waals surface area contributed by atoms with Gasteiger partial charge in [-0.1, -0.05) is 38.1 Å². The first-order valence-corrected chi connectivity index (χ1v) is 12.1. The topological polar surface area (TPSA) is 99.7 Å². The van der Waals surface area contributed by atoms with Crippen LogP contribution in [0.5, 0.6) is 0 Å². The van der Waals surface area contributed by atoms with Crippen LogP contribution in [-0.2, 0) is 26.2 Å². The van der Waals surface area contributed by atoms with Gasteiger partial charge in [0.05, 0.1) is 11.4 Å². The molecule has 2 amide bonds. The van der Waals surface area contributed by atoms with Crippen LogP contribution in [0.2, 0.25) is 0 Å². The van der Waals surface area contributed by atoms with Crippen molar-refractivity contribution < 1.29 is 18.0 Å². The molecule has 0 spiro atoms. The zero-order chi connectivity index (χ0) is 23.4. The molecule has 2 aromatic rings. The molecular weight excluding hydrogens is 428 g/mol. The fraction of sp³-hybridized carbons (Fsp3) is 0.435. The Hall–Kier alpha value is -2.78. The predicted molar refractivity (Wildman–Crippen MR) is 121 cm³/mol. The van der Waals surface area contributed by atoms with Crippen LogP contribution in [-0.4, -0.2) is 59.6 Å². The normalized spacial score (nSPS) is 19.9. The van der Waals surface area contributed by atoms with E-state index in [1.165, 1.54) is 17.0 Å². The molecule has 0 aliphatic carbocycles. The van der Waals surface area contributed by atoms with Crippen LogP contribution in [0.15, 0.2) is 59.8 Å². The lowest BCUT2D eigenvalue weighted by atomic mass is 9.94. The van der Waals surface area contributed by atoms with Crippen LogP contribution in [0.25, 0.3) is 0 Å². The number of benzene rings is 1. The van der Waals surface area contributed by atoms with Gasteiger partial charge in [-0.25, -0.2) is 8.42 Å². The average molecular weight is 459 g/mol. The Morgan fingerprint density at radius 3 is 2.53 bits per heavy atom. The van der Waals surface area contributed by atoms with E-state index in [9.17, 15) is 18.0 Å². The van der Waals surface area contributed by atoms with Crippen LogP contribution in [0, 0.1) is 5.92 Å². The maximum absolute atomic E-state index is 13.3. The molecule has 3 rings (SSSR count). The van der Waals surface area contributed by atoms with Crippen LogP contribution in [0.1, 0.15) is 32.8 Å². The molecule has 1 aliphatic rings. The molecule has 172 valence electrons. The van der Waals surface area contributed by atoms with E-state index in [4.69, 9.17) is 0 Å². The Morgan fingerprint density at radius 2 is 1.91 bits per heavy atom. The molecule has 1 fully saturated rings. The standard InChI is InChI=1S/C23H30N4O4S/c1-18(2)11-13-25-22(29)23(3)17-26(32(30,31)20-9-5-4-6-10-20)16-21(28)27(23)15-19-8-7-12-24-14-19/h4-10,12,14,18H,11,13,15-17H2,1-3H3,(H,25,29)/t23-/m0/s1. The fourth-order valence-corrected chi connectivity index (χ4v) is 5.20. The molecule has 1 atom stereocenters. The van der Waals surface area contributed by atoms with Gasteiger partial charge in [0.1, 0.15) is 5.54 Å². The van der Waals surface area contributed by atoms with Gasteiger partial charge in [-0.3, -0.25) is 14.6 Å². The monoisotopic (exact) mass is 458 g/mol. The molecule has 1 saturated heterocycles. The van der Waals surface area contributed by atoms with E-state index in [-0.39, 0.29) is 30.4 Å². The lowest BCUT2D eigenvalue weighted by Gasteiger charge is -2.46. The van der Waals surface area contributed by atoms with E-state index >= 15 is 0 Å². The minimum absolute atomic E-state index is 0.0936. The van der Waals surface area contributed by atoms with Crippen molar-refractivity contribution in [3.8, 4) is 0 Å². The van der Waals surface area contributed by atoms with Gasteiger partial charge in [-0.05, 0) is 43.0 Å². The molecule has 1 aromatic heterocycles. The van der Waals surface area contributed by atoms with Gasteiger partial charge in [-0.15, -0.1) is 0 Å². The van der Waals surface area contributed by atoms with Crippen LogP contribution < -0.4 is 5.32 Å². The summed E-state index contributed by atoms with van der Waals surface area (Å²) in [4.78, 5) is 32.2. The number of nitrogens with zero attached hydrogens (tertiary/aromatic N) is 3. The van der Waals surface area contributed by atoms with E-state index in [0.29, 0.717) is 12.5 Å². The third-order valence-corrected chi connectivity index (χ3v) is 7.44. The quantitative estimate of drug-likeness (QED) is 0.653. The van der Waals surface area contributed by atoms with Crippen molar-refractivity contribution >= 4 is 21.8 Å². The summed E-state index contributed by atoms with van der Waals surface area (Å²) >= 11 is 0. The number of carbonyl (C=O) groups excluding carboxylic acids is 2. The van der Waals surface area contributed by atoms with Crippen molar-refractivity contribution in [2.75, 3.05) is 19.6 Å². The molecule has 0 radical (unpaired) electrons. The summed E-state index contributed by atoms with van der Waals surface area (Å²) in [5.74, 6) is -0.401. The Balaban J connectivity index is 1.93. The number of piperazine rings is 1. The Labute approximate surface area is 189 Å². The van der Waals surface area contributed by atoms with Gasteiger partial charge >= 0.3 is 0 Å².